The Morgan fingerprint density at radius 3 is 2.60 bits per heavy atom. The minimum Gasteiger partial charge on any atom is -0.497 e. The van der Waals surface area contributed by atoms with Gasteiger partial charge in [0.2, 0.25) is 0 Å². The molecule has 1 aromatic carbocycles. The first-order chi connectivity index (χ1) is 11.7. The van der Waals surface area contributed by atoms with Gasteiger partial charge in [0, 0.05) is 24.9 Å². The molecule has 2 N–H and O–H groups in total. The second-order valence-corrected chi connectivity index (χ2v) is 7.36. The van der Waals surface area contributed by atoms with Crippen LogP contribution >= 0.6 is 0 Å². The molecule has 0 fully saturated rings. The van der Waals surface area contributed by atoms with Crippen molar-refractivity contribution in [2.75, 3.05) is 32.2 Å². The number of benzene rings is 1. The maximum Gasteiger partial charge on any atom is 0.387 e. The highest BCUT2D eigenvalue weighted by Gasteiger charge is 2.11. The lowest BCUT2D eigenvalue weighted by Gasteiger charge is -2.13. The zero-order valence-corrected chi connectivity index (χ0v) is 15.2. The largest absolute Gasteiger partial charge is 0.497 e. The molecule has 0 aliphatic rings. The Bertz CT molecular complexity index is 681. The molecule has 0 aromatic heterocycles. The van der Waals surface area contributed by atoms with E-state index in [1.165, 1.54) is 19.2 Å². The topological polar surface area (TPSA) is 89.0 Å². The number of ether oxygens (including phenoxy) is 2. The molecule has 0 spiro atoms. The number of sulfone groups is 1. The van der Waals surface area contributed by atoms with Crippen molar-refractivity contribution in [3.8, 4) is 11.5 Å². The van der Waals surface area contributed by atoms with Crippen molar-refractivity contribution in [2.45, 2.75) is 20.1 Å². The van der Waals surface area contributed by atoms with Gasteiger partial charge in [-0.15, -0.1) is 0 Å². The number of halogens is 2. The maximum atomic E-state index is 12.5. The minimum absolute atomic E-state index is 0.00605. The van der Waals surface area contributed by atoms with Crippen LogP contribution in [-0.2, 0) is 16.4 Å². The molecule has 0 atom stereocenters. The molecular formula is C15H23F2N3O4S. The number of nitrogens with zero attached hydrogens (tertiary/aromatic N) is 1. The molecule has 0 aliphatic carbocycles. The van der Waals surface area contributed by atoms with E-state index in [-0.39, 0.29) is 24.6 Å². The highest BCUT2D eigenvalue weighted by molar-refractivity contribution is 7.90. The Morgan fingerprint density at radius 1 is 1.32 bits per heavy atom. The molecule has 0 heterocycles. The average molecular weight is 379 g/mol. The highest BCUT2D eigenvalue weighted by Crippen LogP contribution is 2.26. The van der Waals surface area contributed by atoms with Crippen LogP contribution < -0.4 is 20.1 Å². The van der Waals surface area contributed by atoms with Gasteiger partial charge in [-0.3, -0.25) is 0 Å². The van der Waals surface area contributed by atoms with Crippen LogP contribution in [0.2, 0.25) is 0 Å². The van der Waals surface area contributed by atoms with Gasteiger partial charge < -0.3 is 20.1 Å². The number of hydrogen-bond donors (Lipinski definition) is 2. The zero-order chi connectivity index (χ0) is 18.9. The molecule has 25 heavy (non-hydrogen) atoms. The van der Waals surface area contributed by atoms with Gasteiger partial charge in [-0.25, -0.2) is 13.4 Å². The van der Waals surface area contributed by atoms with Crippen LogP contribution in [0.1, 0.15) is 12.5 Å². The lowest BCUT2D eigenvalue weighted by molar-refractivity contribution is -0.0504. The van der Waals surface area contributed by atoms with E-state index in [1.54, 1.807) is 6.07 Å². The first-order valence-corrected chi connectivity index (χ1v) is 9.63. The normalized spacial score (nSPS) is 12.2. The summed E-state index contributed by atoms with van der Waals surface area (Å²) in [4.78, 5) is 4.27. The molecule has 0 unspecified atom stereocenters. The van der Waals surface area contributed by atoms with E-state index in [0.29, 0.717) is 23.8 Å². The summed E-state index contributed by atoms with van der Waals surface area (Å²) < 4.78 is 56.9. The van der Waals surface area contributed by atoms with Crippen LogP contribution in [0.4, 0.5) is 8.78 Å². The highest BCUT2D eigenvalue weighted by atomic mass is 32.2. The van der Waals surface area contributed by atoms with Crippen molar-refractivity contribution < 1.29 is 26.7 Å². The Balaban J connectivity index is 2.88. The summed E-state index contributed by atoms with van der Waals surface area (Å²) in [5, 5.41) is 5.83. The van der Waals surface area contributed by atoms with Gasteiger partial charge in [-0.1, -0.05) is 0 Å². The average Bonchev–Trinajstić information content (AvgIpc) is 2.52. The number of hydrogen-bond acceptors (Lipinski definition) is 5. The van der Waals surface area contributed by atoms with Crippen molar-refractivity contribution in [3.05, 3.63) is 23.8 Å². The number of alkyl halides is 2. The molecule has 0 bridgehead atoms. The van der Waals surface area contributed by atoms with Crippen molar-refractivity contribution in [2.24, 2.45) is 4.99 Å². The standard InChI is InChI=1S/C15H23F2N3O4S/c1-4-18-15(19-7-8-25(3,21)22)20-10-11-9-12(23-2)5-6-13(11)24-14(16)17/h5-6,9,14H,4,7-8,10H2,1-3H3,(H2,18,19,20). The van der Waals surface area contributed by atoms with Crippen LogP contribution in [0.5, 0.6) is 11.5 Å². The minimum atomic E-state index is -3.10. The maximum absolute atomic E-state index is 12.5. The molecule has 0 radical (unpaired) electrons. The first-order valence-electron chi connectivity index (χ1n) is 7.56. The van der Waals surface area contributed by atoms with E-state index >= 15 is 0 Å². The van der Waals surface area contributed by atoms with Gasteiger partial charge in [0.1, 0.15) is 21.3 Å². The fourth-order valence-electron chi connectivity index (χ4n) is 1.88. The van der Waals surface area contributed by atoms with Crippen LogP contribution in [0.25, 0.3) is 0 Å². The van der Waals surface area contributed by atoms with Crippen LogP contribution in [0, 0.1) is 0 Å². The quantitative estimate of drug-likeness (QED) is 0.498. The summed E-state index contributed by atoms with van der Waals surface area (Å²) >= 11 is 0. The van der Waals surface area contributed by atoms with Crippen molar-refractivity contribution in [1.29, 1.82) is 0 Å². The third-order valence-corrected chi connectivity index (χ3v) is 3.95. The molecule has 0 aliphatic heterocycles. The monoisotopic (exact) mass is 379 g/mol. The third kappa shape index (κ3) is 8.52. The van der Waals surface area contributed by atoms with Crippen LogP contribution in [0.3, 0.4) is 0 Å². The van der Waals surface area contributed by atoms with E-state index in [1.807, 2.05) is 6.92 Å². The Morgan fingerprint density at radius 2 is 2.04 bits per heavy atom. The van der Waals surface area contributed by atoms with Crippen LogP contribution in [-0.4, -0.2) is 53.2 Å². The van der Waals surface area contributed by atoms with Crippen LogP contribution in [0.15, 0.2) is 23.2 Å². The summed E-state index contributed by atoms with van der Waals surface area (Å²) in [5.74, 6) is 0.821. The van der Waals surface area contributed by atoms with Gasteiger partial charge in [-0.2, -0.15) is 8.78 Å². The second-order valence-electron chi connectivity index (χ2n) is 5.10. The summed E-state index contributed by atoms with van der Waals surface area (Å²) in [6.45, 7) is -0.304. The van der Waals surface area contributed by atoms with E-state index < -0.39 is 16.4 Å². The first kappa shape index (κ1) is 20.9. The molecule has 1 aromatic rings. The van der Waals surface area contributed by atoms with Gasteiger partial charge in [-0.05, 0) is 25.1 Å². The fourth-order valence-corrected chi connectivity index (χ4v) is 2.35. The smallest absolute Gasteiger partial charge is 0.387 e. The molecule has 0 amide bonds. The van der Waals surface area contributed by atoms with Crippen molar-refractivity contribution in [1.82, 2.24) is 10.6 Å². The van der Waals surface area contributed by atoms with E-state index in [9.17, 15) is 17.2 Å². The lowest BCUT2D eigenvalue weighted by atomic mass is 10.2. The van der Waals surface area contributed by atoms with E-state index in [2.05, 4.69) is 20.4 Å². The summed E-state index contributed by atoms with van der Waals surface area (Å²) in [6, 6.07) is 4.46. The SMILES string of the molecule is CCNC(=NCc1cc(OC)ccc1OC(F)F)NCCS(C)(=O)=O. The Kier molecular flexibility index (Phi) is 8.39. The van der Waals surface area contributed by atoms with Crippen molar-refractivity contribution >= 4 is 15.8 Å². The van der Waals surface area contributed by atoms with E-state index in [0.717, 1.165) is 6.26 Å². The van der Waals surface area contributed by atoms with Gasteiger partial charge in [0.15, 0.2) is 5.96 Å². The number of rotatable bonds is 9. The fraction of sp³-hybridized carbons (Fsp3) is 0.533. The number of nitrogens with one attached hydrogen (secondary N) is 2. The molecule has 10 heteroatoms. The summed E-state index contributed by atoms with van der Waals surface area (Å²) in [7, 11) is -1.63. The summed E-state index contributed by atoms with van der Waals surface area (Å²) in [6.07, 6.45) is 1.14. The summed E-state index contributed by atoms with van der Waals surface area (Å²) in [5.41, 5.74) is 0.417. The van der Waals surface area contributed by atoms with Gasteiger partial charge in [0.05, 0.1) is 19.4 Å². The number of methoxy groups -OCH3 is 1. The Hall–Kier alpha value is -2.10. The predicted molar refractivity (Wildman–Crippen MR) is 92.2 cm³/mol. The predicted octanol–water partition coefficient (Wildman–Crippen LogP) is 1.40. The second kappa shape index (κ2) is 10.0. The van der Waals surface area contributed by atoms with Crippen molar-refractivity contribution in [3.63, 3.8) is 0 Å². The molecule has 0 saturated carbocycles. The molecular weight excluding hydrogens is 356 g/mol. The molecule has 1 rings (SSSR count). The lowest BCUT2D eigenvalue weighted by Crippen LogP contribution is -2.39. The van der Waals surface area contributed by atoms with Gasteiger partial charge >= 0.3 is 6.61 Å². The number of aliphatic imine (C=N–C) groups is 1. The van der Waals surface area contributed by atoms with E-state index in [4.69, 9.17) is 4.74 Å². The van der Waals surface area contributed by atoms with Gasteiger partial charge in [0.25, 0.3) is 0 Å². The Labute approximate surface area is 146 Å². The third-order valence-electron chi connectivity index (χ3n) is 3.00. The number of guanidine groups is 1. The zero-order valence-electron chi connectivity index (χ0n) is 14.4. The molecule has 0 saturated heterocycles. The molecule has 142 valence electrons. The molecule has 7 nitrogen and oxygen atoms in total.